The number of hydrogen-bond acceptors (Lipinski definition) is 4. The lowest BCUT2D eigenvalue weighted by atomic mass is 10.1. The highest BCUT2D eigenvalue weighted by molar-refractivity contribution is 5.50. The van der Waals surface area contributed by atoms with Crippen LogP contribution in [-0.2, 0) is 0 Å². The van der Waals surface area contributed by atoms with Crippen molar-refractivity contribution in [3.8, 4) is 5.69 Å². The maximum Gasteiger partial charge on any atom is 0.153 e. The van der Waals surface area contributed by atoms with E-state index in [1.165, 1.54) is 12.8 Å². The SMILES string of the molecule is CCCC(C)CNc1cccc(-n2nnnc2C)c1. The zero-order valence-electron chi connectivity index (χ0n) is 11.8. The molecular formula is C14H21N5. The molecule has 2 aromatic rings. The van der Waals surface area contributed by atoms with Gasteiger partial charge in [-0.2, -0.15) is 4.68 Å². The number of nitrogens with zero attached hydrogens (tertiary/aromatic N) is 4. The van der Waals surface area contributed by atoms with Crippen LogP contribution in [0.25, 0.3) is 5.69 Å². The molecule has 5 nitrogen and oxygen atoms in total. The minimum Gasteiger partial charge on any atom is -0.385 e. The fraction of sp³-hybridized carbons (Fsp3) is 0.500. The van der Waals surface area contributed by atoms with Crippen LogP contribution in [0.4, 0.5) is 5.69 Å². The molecule has 0 bridgehead atoms. The number of rotatable bonds is 6. The second-order valence-corrected chi connectivity index (χ2v) is 4.96. The summed E-state index contributed by atoms with van der Waals surface area (Å²) in [5.74, 6) is 1.47. The van der Waals surface area contributed by atoms with Crippen LogP contribution in [0, 0.1) is 12.8 Å². The Bertz CT molecular complexity index is 520. The Morgan fingerprint density at radius 2 is 2.21 bits per heavy atom. The Kier molecular flexibility index (Phi) is 4.49. The van der Waals surface area contributed by atoms with Gasteiger partial charge in [0.2, 0.25) is 0 Å². The van der Waals surface area contributed by atoms with Crippen molar-refractivity contribution in [3.05, 3.63) is 30.1 Å². The van der Waals surface area contributed by atoms with Gasteiger partial charge in [-0.05, 0) is 47.9 Å². The maximum absolute atomic E-state index is 3.98. The summed E-state index contributed by atoms with van der Waals surface area (Å²) in [6.45, 7) is 7.37. The molecule has 1 unspecified atom stereocenters. The topological polar surface area (TPSA) is 55.6 Å². The molecule has 0 amide bonds. The van der Waals surface area contributed by atoms with Crippen LogP contribution in [0.2, 0.25) is 0 Å². The number of anilines is 1. The third kappa shape index (κ3) is 3.53. The molecule has 0 aliphatic carbocycles. The van der Waals surface area contributed by atoms with E-state index in [0.717, 1.165) is 23.7 Å². The van der Waals surface area contributed by atoms with Crippen molar-refractivity contribution in [2.75, 3.05) is 11.9 Å². The summed E-state index contributed by atoms with van der Waals surface area (Å²) in [7, 11) is 0. The number of benzene rings is 1. The summed E-state index contributed by atoms with van der Waals surface area (Å²) in [6, 6.07) is 8.16. The van der Waals surface area contributed by atoms with Crippen molar-refractivity contribution < 1.29 is 0 Å². The molecule has 1 heterocycles. The maximum atomic E-state index is 3.98. The van der Waals surface area contributed by atoms with E-state index in [0.29, 0.717) is 5.92 Å². The Labute approximate surface area is 114 Å². The molecule has 1 aromatic heterocycles. The highest BCUT2D eigenvalue weighted by Crippen LogP contribution is 2.15. The summed E-state index contributed by atoms with van der Waals surface area (Å²) in [4.78, 5) is 0. The molecule has 0 aliphatic rings. The summed E-state index contributed by atoms with van der Waals surface area (Å²) < 4.78 is 1.74. The van der Waals surface area contributed by atoms with Gasteiger partial charge >= 0.3 is 0 Å². The lowest BCUT2D eigenvalue weighted by Gasteiger charge is -2.13. The molecule has 2 rings (SSSR count). The van der Waals surface area contributed by atoms with E-state index in [9.17, 15) is 0 Å². The first-order valence-corrected chi connectivity index (χ1v) is 6.80. The van der Waals surface area contributed by atoms with E-state index in [4.69, 9.17) is 0 Å². The molecular weight excluding hydrogens is 238 g/mol. The van der Waals surface area contributed by atoms with E-state index in [1.807, 2.05) is 19.1 Å². The Balaban J connectivity index is 2.06. The van der Waals surface area contributed by atoms with Crippen molar-refractivity contribution >= 4 is 5.69 Å². The van der Waals surface area contributed by atoms with Gasteiger partial charge in [-0.25, -0.2) is 0 Å². The molecule has 0 aliphatic heterocycles. The van der Waals surface area contributed by atoms with Gasteiger partial charge < -0.3 is 5.32 Å². The van der Waals surface area contributed by atoms with Gasteiger partial charge in [0.1, 0.15) is 0 Å². The molecule has 1 atom stereocenters. The Morgan fingerprint density at radius 3 is 2.89 bits per heavy atom. The molecule has 5 heteroatoms. The molecule has 102 valence electrons. The molecule has 1 aromatic carbocycles. The number of hydrogen-bond donors (Lipinski definition) is 1. The van der Waals surface area contributed by atoms with Gasteiger partial charge in [0.05, 0.1) is 5.69 Å². The molecule has 0 fully saturated rings. The standard InChI is InChI=1S/C14H21N5/c1-4-6-11(2)10-15-13-7-5-8-14(9-13)19-12(3)16-17-18-19/h5,7-9,11,15H,4,6,10H2,1-3H3. The second kappa shape index (κ2) is 6.31. The van der Waals surface area contributed by atoms with Crippen LogP contribution in [0.3, 0.4) is 0 Å². The van der Waals surface area contributed by atoms with Crippen LogP contribution in [-0.4, -0.2) is 26.8 Å². The fourth-order valence-corrected chi connectivity index (χ4v) is 2.10. The van der Waals surface area contributed by atoms with Crippen molar-refractivity contribution in [3.63, 3.8) is 0 Å². The number of tetrazole rings is 1. The van der Waals surface area contributed by atoms with Gasteiger partial charge in [-0.15, -0.1) is 5.10 Å². The van der Waals surface area contributed by atoms with Gasteiger partial charge in [0.25, 0.3) is 0 Å². The molecule has 19 heavy (non-hydrogen) atoms. The van der Waals surface area contributed by atoms with Crippen molar-refractivity contribution in [2.24, 2.45) is 5.92 Å². The van der Waals surface area contributed by atoms with E-state index < -0.39 is 0 Å². The summed E-state index contributed by atoms with van der Waals surface area (Å²) in [6.07, 6.45) is 2.48. The largest absolute Gasteiger partial charge is 0.385 e. The first kappa shape index (κ1) is 13.5. The normalized spacial score (nSPS) is 12.4. The van der Waals surface area contributed by atoms with Crippen LogP contribution in [0.1, 0.15) is 32.5 Å². The van der Waals surface area contributed by atoms with E-state index in [-0.39, 0.29) is 0 Å². The van der Waals surface area contributed by atoms with E-state index in [2.05, 4.69) is 46.8 Å². The van der Waals surface area contributed by atoms with E-state index >= 15 is 0 Å². The van der Waals surface area contributed by atoms with Crippen LogP contribution >= 0.6 is 0 Å². The third-order valence-electron chi connectivity index (χ3n) is 3.15. The van der Waals surface area contributed by atoms with Crippen molar-refractivity contribution in [1.82, 2.24) is 20.2 Å². The first-order chi connectivity index (χ1) is 9.20. The van der Waals surface area contributed by atoms with Crippen molar-refractivity contribution in [2.45, 2.75) is 33.6 Å². The highest BCUT2D eigenvalue weighted by atomic mass is 15.5. The average Bonchev–Trinajstić information content (AvgIpc) is 2.83. The van der Waals surface area contributed by atoms with Crippen LogP contribution < -0.4 is 5.32 Å². The lowest BCUT2D eigenvalue weighted by Crippen LogP contribution is -2.11. The summed E-state index contributed by atoms with van der Waals surface area (Å²) in [5, 5.41) is 15.0. The zero-order valence-corrected chi connectivity index (χ0v) is 11.8. The minimum absolute atomic E-state index is 0.684. The summed E-state index contributed by atoms with van der Waals surface area (Å²) in [5.41, 5.74) is 2.09. The predicted octanol–water partition coefficient (Wildman–Crippen LogP) is 2.82. The smallest absolute Gasteiger partial charge is 0.153 e. The minimum atomic E-state index is 0.684. The van der Waals surface area contributed by atoms with Gasteiger partial charge in [-0.3, -0.25) is 0 Å². The zero-order chi connectivity index (χ0) is 13.7. The number of aryl methyl sites for hydroxylation is 1. The average molecular weight is 259 g/mol. The van der Waals surface area contributed by atoms with Gasteiger partial charge in [0, 0.05) is 12.2 Å². The Morgan fingerprint density at radius 1 is 1.37 bits per heavy atom. The quantitative estimate of drug-likeness (QED) is 0.866. The Hall–Kier alpha value is -1.91. The third-order valence-corrected chi connectivity index (χ3v) is 3.15. The van der Waals surface area contributed by atoms with E-state index in [1.54, 1.807) is 4.68 Å². The molecule has 0 radical (unpaired) electrons. The van der Waals surface area contributed by atoms with Crippen molar-refractivity contribution in [1.29, 1.82) is 0 Å². The molecule has 1 N–H and O–H groups in total. The molecule has 0 saturated heterocycles. The second-order valence-electron chi connectivity index (χ2n) is 4.96. The monoisotopic (exact) mass is 259 g/mol. The van der Waals surface area contributed by atoms with Gasteiger partial charge in [-0.1, -0.05) is 26.3 Å². The lowest BCUT2D eigenvalue weighted by molar-refractivity contribution is 0.551. The van der Waals surface area contributed by atoms with Gasteiger partial charge in [0.15, 0.2) is 5.82 Å². The predicted molar refractivity (Wildman–Crippen MR) is 76.5 cm³/mol. The number of aromatic nitrogens is 4. The van der Waals surface area contributed by atoms with Crippen LogP contribution in [0.15, 0.2) is 24.3 Å². The summed E-state index contributed by atoms with van der Waals surface area (Å²) >= 11 is 0. The first-order valence-electron chi connectivity index (χ1n) is 6.80. The number of nitrogens with one attached hydrogen (secondary N) is 1. The van der Waals surface area contributed by atoms with Crippen LogP contribution in [0.5, 0.6) is 0 Å². The molecule has 0 spiro atoms. The molecule has 0 saturated carbocycles. The fourth-order valence-electron chi connectivity index (χ4n) is 2.10. The highest BCUT2D eigenvalue weighted by Gasteiger charge is 2.05.